The lowest BCUT2D eigenvalue weighted by molar-refractivity contribution is -0.128. The van der Waals surface area contributed by atoms with Crippen LogP contribution in [-0.4, -0.2) is 45.3 Å². The molecule has 2 aromatic heterocycles. The fourth-order valence-corrected chi connectivity index (χ4v) is 5.02. The number of carbonyl (C=O) groups is 1. The standard InChI is InChI=1S/C16H20N4OS2/c1-12-18-13(9-23-12)7-20-11-16(6-15(20)21)2-4-19(10-16)8-14-17-3-5-22-14/h3,5,9H,2,4,6-8,10-11H2,1H3/t16-/m0/s1. The molecule has 2 fully saturated rings. The number of rotatable bonds is 4. The fourth-order valence-electron chi connectivity index (χ4n) is 3.76. The highest BCUT2D eigenvalue weighted by molar-refractivity contribution is 7.09. The third-order valence-electron chi connectivity index (χ3n) is 4.78. The van der Waals surface area contributed by atoms with Gasteiger partial charge in [-0.05, 0) is 19.9 Å². The Kier molecular flexibility index (Phi) is 3.95. The molecule has 1 atom stereocenters. The largest absolute Gasteiger partial charge is 0.336 e. The average Bonchev–Trinajstić information content (AvgIpc) is 3.26. The van der Waals surface area contributed by atoms with E-state index in [2.05, 4.69) is 20.2 Å². The van der Waals surface area contributed by atoms with Crippen molar-refractivity contribution < 1.29 is 4.79 Å². The molecule has 4 rings (SSSR count). The number of thiazole rings is 2. The van der Waals surface area contributed by atoms with E-state index in [4.69, 9.17) is 0 Å². The lowest BCUT2D eigenvalue weighted by atomic mass is 9.86. The summed E-state index contributed by atoms with van der Waals surface area (Å²) in [5.74, 6) is 0.284. The van der Waals surface area contributed by atoms with Gasteiger partial charge in [-0.25, -0.2) is 9.97 Å². The van der Waals surface area contributed by atoms with Crippen molar-refractivity contribution in [3.05, 3.63) is 32.7 Å². The van der Waals surface area contributed by atoms with Gasteiger partial charge in [0.05, 0.1) is 23.8 Å². The van der Waals surface area contributed by atoms with Gasteiger partial charge in [0.1, 0.15) is 5.01 Å². The molecule has 0 radical (unpaired) electrons. The van der Waals surface area contributed by atoms with E-state index < -0.39 is 0 Å². The predicted octanol–water partition coefficient (Wildman–Crippen LogP) is 2.53. The lowest BCUT2D eigenvalue weighted by Gasteiger charge is -2.23. The topological polar surface area (TPSA) is 49.3 Å². The molecule has 0 aliphatic carbocycles. The van der Waals surface area contributed by atoms with Crippen LogP contribution in [0.3, 0.4) is 0 Å². The molecule has 1 amide bonds. The predicted molar refractivity (Wildman–Crippen MR) is 91.3 cm³/mol. The first-order chi connectivity index (χ1) is 11.1. The number of hydrogen-bond donors (Lipinski definition) is 0. The monoisotopic (exact) mass is 348 g/mol. The molecule has 1 spiro atoms. The van der Waals surface area contributed by atoms with Gasteiger partial charge in [-0.3, -0.25) is 9.69 Å². The van der Waals surface area contributed by atoms with Crippen LogP contribution in [0.2, 0.25) is 0 Å². The highest BCUT2D eigenvalue weighted by Crippen LogP contribution is 2.41. The van der Waals surface area contributed by atoms with Crippen molar-refractivity contribution >= 4 is 28.6 Å². The van der Waals surface area contributed by atoms with Crippen molar-refractivity contribution in [1.29, 1.82) is 0 Å². The molecule has 7 heteroatoms. The third kappa shape index (κ3) is 3.18. The molecule has 122 valence electrons. The van der Waals surface area contributed by atoms with Crippen LogP contribution in [0, 0.1) is 12.3 Å². The van der Waals surface area contributed by atoms with Gasteiger partial charge in [0.15, 0.2) is 0 Å². The molecular formula is C16H20N4OS2. The van der Waals surface area contributed by atoms with Crippen LogP contribution in [0.1, 0.15) is 28.6 Å². The normalized spacial score (nSPS) is 25.1. The minimum atomic E-state index is 0.138. The van der Waals surface area contributed by atoms with Crippen molar-refractivity contribution in [3.63, 3.8) is 0 Å². The molecule has 23 heavy (non-hydrogen) atoms. The van der Waals surface area contributed by atoms with Crippen molar-refractivity contribution in [3.8, 4) is 0 Å². The summed E-state index contributed by atoms with van der Waals surface area (Å²) in [6.07, 6.45) is 3.66. The maximum atomic E-state index is 12.4. The van der Waals surface area contributed by atoms with Crippen molar-refractivity contribution in [1.82, 2.24) is 19.8 Å². The van der Waals surface area contributed by atoms with Gasteiger partial charge in [-0.2, -0.15) is 0 Å². The van der Waals surface area contributed by atoms with Crippen LogP contribution < -0.4 is 0 Å². The summed E-state index contributed by atoms with van der Waals surface area (Å²) in [6.45, 7) is 6.53. The summed E-state index contributed by atoms with van der Waals surface area (Å²) in [6, 6.07) is 0. The van der Waals surface area contributed by atoms with Crippen LogP contribution in [0.5, 0.6) is 0 Å². The van der Waals surface area contributed by atoms with E-state index in [0.717, 1.165) is 43.3 Å². The minimum Gasteiger partial charge on any atom is -0.336 e. The first-order valence-electron chi connectivity index (χ1n) is 7.91. The molecule has 0 aromatic carbocycles. The Morgan fingerprint density at radius 2 is 2.22 bits per heavy atom. The Labute approximate surface area is 144 Å². The van der Waals surface area contributed by atoms with E-state index in [-0.39, 0.29) is 11.3 Å². The molecule has 0 bridgehead atoms. The van der Waals surface area contributed by atoms with Crippen LogP contribution in [0.4, 0.5) is 0 Å². The summed E-state index contributed by atoms with van der Waals surface area (Å²) in [4.78, 5) is 25.8. The zero-order chi connectivity index (χ0) is 15.9. The summed E-state index contributed by atoms with van der Waals surface area (Å²) >= 11 is 3.36. The quantitative estimate of drug-likeness (QED) is 0.852. The van der Waals surface area contributed by atoms with Gasteiger partial charge in [-0.15, -0.1) is 22.7 Å². The number of aromatic nitrogens is 2. The highest BCUT2D eigenvalue weighted by Gasteiger charge is 2.47. The Morgan fingerprint density at radius 1 is 1.30 bits per heavy atom. The molecule has 2 aromatic rings. The number of amides is 1. The Hall–Kier alpha value is -1.31. The smallest absolute Gasteiger partial charge is 0.223 e. The lowest BCUT2D eigenvalue weighted by Crippen LogP contribution is -2.31. The van der Waals surface area contributed by atoms with E-state index >= 15 is 0 Å². The second-order valence-electron chi connectivity index (χ2n) is 6.67. The number of nitrogens with zero attached hydrogens (tertiary/aromatic N) is 4. The number of hydrogen-bond acceptors (Lipinski definition) is 6. The molecule has 5 nitrogen and oxygen atoms in total. The number of likely N-dealkylation sites (tertiary alicyclic amines) is 2. The second-order valence-corrected chi connectivity index (χ2v) is 8.71. The second kappa shape index (κ2) is 5.96. The maximum Gasteiger partial charge on any atom is 0.223 e. The highest BCUT2D eigenvalue weighted by atomic mass is 32.1. The Bertz CT molecular complexity index is 699. The van der Waals surface area contributed by atoms with Crippen molar-refractivity contribution in [2.24, 2.45) is 5.41 Å². The zero-order valence-corrected chi connectivity index (χ0v) is 14.8. The third-order valence-corrected chi connectivity index (χ3v) is 6.37. The van der Waals surface area contributed by atoms with E-state index in [1.165, 1.54) is 5.01 Å². The van der Waals surface area contributed by atoms with Crippen LogP contribution in [0.25, 0.3) is 0 Å². The molecule has 0 saturated carbocycles. The van der Waals surface area contributed by atoms with Crippen LogP contribution >= 0.6 is 22.7 Å². The summed E-state index contributed by atoms with van der Waals surface area (Å²) < 4.78 is 0. The molecule has 4 heterocycles. The van der Waals surface area contributed by atoms with Crippen LogP contribution in [-0.2, 0) is 17.9 Å². The molecule has 2 aliphatic heterocycles. The van der Waals surface area contributed by atoms with Gasteiger partial charge in [0.25, 0.3) is 0 Å². The van der Waals surface area contributed by atoms with Gasteiger partial charge < -0.3 is 4.90 Å². The van der Waals surface area contributed by atoms with Gasteiger partial charge in [-0.1, -0.05) is 0 Å². The van der Waals surface area contributed by atoms with E-state index in [1.807, 2.05) is 23.4 Å². The van der Waals surface area contributed by atoms with Gasteiger partial charge in [0.2, 0.25) is 5.91 Å². The SMILES string of the molecule is Cc1nc(CN2C[C@@]3(CCN(Cc4nccs4)C3)CC2=O)cs1. The van der Waals surface area contributed by atoms with Crippen LogP contribution in [0.15, 0.2) is 17.0 Å². The van der Waals surface area contributed by atoms with E-state index in [9.17, 15) is 4.79 Å². The minimum absolute atomic E-state index is 0.138. The first-order valence-corrected chi connectivity index (χ1v) is 9.67. The molecule has 2 aliphatic rings. The van der Waals surface area contributed by atoms with Gasteiger partial charge >= 0.3 is 0 Å². The van der Waals surface area contributed by atoms with E-state index in [1.54, 1.807) is 22.7 Å². The number of carbonyl (C=O) groups excluding carboxylic acids is 1. The van der Waals surface area contributed by atoms with E-state index in [0.29, 0.717) is 13.0 Å². The fraction of sp³-hybridized carbons (Fsp3) is 0.562. The summed E-state index contributed by atoms with van der Waals surface area (Å²) in [7, 11) is 0. The van der Waals surface area contributed by atoms with Crippen molar-refractivity contribution in [2.75, 3.05) is 19.6 Å². The Morgan fingerprint density at radius 3 is 2.96 bits per heavy atom. The molecule has 0 unspecified atom stereocenters. The Balaban J connectivity index is 1.39. The molecular weight excluding hydrogens is 328 g/mol. The van der Waals surface area contributed by atoms with Gasteiger partial charge in [0, 0.05) is 41.9 Å². The summed E-state index contributed by atoms with van der Waals surface area (Å²) in [5, 5.41) is 6.33. The molecule has 0 N–H and O–H groups in total. The zero-order valence-electron chi connectivity index (χ0n) is 13.2. The first kappa shape index (κ1) is 15.2. The average molecular weight is 348 g/mol. The number of aryl methyl sites for hydroxylation is 1. The van der Waals surface area contributed by atoms with Crippen molar-refractivity contribution in [2.45, 2.75) is 32.9 Å². The summed E-state index contributed by atoms with van der Waals surface area (Å²) in [5.41, 5.74) is 1.16. The molecule has 2 saturated heterocycles. The maximum absolute atomic E-state index is 12.4.